The summed E-state index contributed by atoms with van der Waals surface area (Å²) in [6.07, 6.45) is 1.04. The smallest absolute Gasteiger partial charge is 0.258 e. The Morgan fingerprint density at radius 2 is 1.40 bits per heavy atom. The molecule has 214 valence electrons. The van der Waals surface area contributed by atoms with Gasteiger partial charge in [0.15, 0.2) is 0 Å². The molecule has 0 unspecified atom stereocenters. The van der Waals surface area contributed by atoms with Gasteiger partial charge in [-0.25, -0.2) is 4.98 Å². The highest BCUT2D eigenvalue weighted by atomic mass is 16.5. The van der Waals surface area contributed by atoms with Gasteiger partial charge in [0.1, 0.15) is 17.3 Å². The Balaban J connectivity index is 1.59. The van der Waals surface area contributed by atoms with E-state index in [1.54, 1.807) is 0 Å². The van der Waals surface area contributed by atoms with Gasteiger partial charge in [0, 0.05) is 27.8 Å². The van der Waals surface area contributed by atoms with Crippen molar-refractivity contribution in [2.24, 2.45) is 0 Å². The molecule has 0 amide bonds. The third-order valence-corrected chi connectivity index (χ3v) is 9.75. The Kier molecular flexibility index (Phi) is 5.54. The lowest BCUT2D eigenvalue weighted by Crippen LogP contribution is -2.60. The number of anilines is 3. The van der Waals surface area contributed by atoms with Crippen LogP contribution in [0.5, 0.6) is 11.5 Å². The second kappa shape index (κ2) is 8.52. The molecule has 42 heavy (non-hydrogen) atoms. The summed E-state index contributed by atoms with van der Waals surface area (Å²) in [6, 6.07) is 24.8. The summed E-state index contributed by atoms with van der Waals surface area (Å²) in [7, 11) is 0. The zero-order valence-corrected chi connectivity index (χ0v) is 26.9. The Labute approximate surface area is 252 Å². The molecule has 0 bridgehead atoms. The Hall–Kier alpha value is -3.53. The van der Waals surface area contributed by atoms with Crippen LogP contribution in [0, 0.1) is 0 Å². The predicted octanol–water partition coefficient (Wildman–Crippen LogP) is 8.04. The summed E-state index contributed by atoms with van der Waals surface area (Å²) in [6.45, 7) is 23.2. The van der Waals surface area contributed by atoms with Crippen LogP contribution in [0.4, 0.5) is 17.2 Å². The van der Waals surface area contributed by atoms with Crippen LogP contribution < -0.4 is 26.0 Å². The van der Waals surface area contributed by atoms with E-state index in [1.165, 1.54) is 44.5 Å². The Morgan fingerprint density at radius 1 is 0.762 bits per heavy atom. The van der Waals surface area contributed by atoms with Gasteiger partial charge >= 0.3 is 0 Å². The molecule has 1 aliphatic carbocycles. The second-order valence-electron chi connectivity index (χ2n) is 16.1. The van der Waals surface area contributed by atoms with E-state index in [0.717, 1.165) is 29.4 Å². The highest BCUT2D eigenvalue weighted by Crippen LogP contribution is 2.54. The van der Waals surface area contributed by atoms with Crippen molar-refractivity contribution in [1.29, 1.82) is 0 Å². The molecule has 3 nitrogen and oxygen atoms in total. The number of benzene rings is 3. The van der Waals surface area contributed by atoms with Crippen LogP contribution >= 0.6 is 0 Å². The molecule has 0 fully saturated rings. The molecular weight excluding hydrogens is 511 g/mol. The quantitative estimate of drug-likeness (QED) is 0.192. The van der Waals surface area contributed by atoms with E-state index in [4.69, 9.17) is 9.72 Å². The number of nitrogens with zero attached hydrogens (tertiary/aromatic N) is 2. The van der Waals surface area contributed by atoms with Crippen LogP contribution in [0.25, 0.3) is 0 Å². The van der Waals surface area contributed by atoms with Gasteiger partial charge in [0.2, 0.25) is 0 Å². The van der Waals surface area contributed by atoms with Crippen molar-refractivity contribution in [3.8, 4) is 11.5 Å². The van der Waals surface area contributed by atoms with Gasteiger partial charge in [0.25, 0.3) is 6.71 Å². The van der Waals surface area contributed by atoms with E-state index in [2.05, 4.69) is 141 Å². The van der Waals surface area contributed by atoms with Crippen molar-refractivity contribution in [3.05, 3.63) is 89.1 Å². The molecular formula is C38H43BN2O. The molecule has 0 spiro atoms. The summed E-state index contributed by atoms with van der Waals surface area (Å²) < 4.78 is 6.99. The first-order valence-electron chi connectivity index (χ1n) is 15.5. The molecule has 0 saturated carbocycles. The minimum absolute atomic E-state index is 0.0320. The average molecular weight is 555 g/mol. The number of hydrogen-bond acceptors (Lipinski definition) is 3. The molecule has 3 heterocycles. The fourth-order valence-corrected chi connectivity index (χ4v) is 7.84. The van der Waals surface area contributed by atoms with E-state index in [0.29, 0.717) is 0 Å². The molecule has 1 aromatic heterocycles. The average Bonchev–Trinajstić information content (AvgIpc) is 3.10. The van der Waals surface area contributed by atoms with Crippen LogP contribution in [0.2, 0.25) is 0 Å². The van der Waals surface area contributed by atoms with E-state index in [9.17, 15) is 0 Å². The van der Waals surface area contributed by atoms with Gasteiger partial charge in [-0.05, 0) is 69.0 Å². The minimum atomic E-state index is -0.0572. The van der Waals surface area contributed by atoms with Crippen LogP contribution in [-0.4, -0.2) is 11.7 Å². The largest absolute Gasteiger partial charge is 0.458 e. The highest BCUT2D eigenvalue weighted by Gasteiger charge is 2.51. The number of rotatable bonds is 1. The molecule has 0 atom stereocenters. The van der Waals surface area contributed by atoms with Gasteiger partial charge in [-0.15, -0.1) is 0 Å². The maximum absolute atomic E-state index is 6.99. The van der Waals surface area contributed by atoms with Crippen LogP contribution in [0.3, 0.4) is 0 Å². The molecule has 0 N–H and O–H groups in total. The summed E-state index contributed by atoms with van der Waals surface area (Å²) in [4.78, 5) is 8.06. The molecule has 0 saturated heterocycles. The molecule has 3 aliphatic rings. The number of aromatic nitrogens is 1. The third kappa shape index (κ3) is 3.90. The van der Waals surface area contributed by atoms with E-state index in [1.807, 2.05) is 0 Å². The van der Waals surface area contributed by atoms with Gasteiger partial charge < -0.3 is 4.74 Å². The summed E-state index contributed by atoms with van der Waals surface area (Å²) in [5.41, 5.74) is 11.2. The zero-order valence-electron chi connectivity index (χ0n) is 26.9. The normalized spacial score (nSPS) is 17.7. The first-order valence-corrected chi connectivity index (χ1v) is 15.5. The summed E-state index contributed by atoms with van der Waals surface area (Å²) in [5, 5.41) is 0. The van der Waals surface area contributed by atoms with Crippen molar-refractivity contribution in [3.63, 3.8) is 0 Å². The Bertz CT molecular complexity index is 1750. The fraction of sp³-hybridized carbons (Fsp3) is 0.395. The number of hydrogen-bond donors (Lipinski definition) is 0. The maximum Gasteiger partial charge on any atom is 0.258 e. The highest BCUT2D eigenvalue weighted by molar-refractivity contribution is 6.99. The third-order valence-electron chi connectivity index (χ3n) is 9.75. The lowest BCUT2D eigenvalue weighted by molar-refractivity contribution is 0.392. The monoisotopic (exact) mass is 554 g/mol. The molecule has 4 heteroatoms. The van der Waals surface area contributed by atoms with Gasteiger partial charge in [-0.2, -0.15) is 0 Å². The van der Waals surface area contributed by atoms with Gasteiger partial charge in [-0.3, -0.25) is 4.90 Å². The van der Waals surface area contributed by atoms with Gasteiger partial charge in [-0.1, -0.05) is 112 Å². The topological polar surface area (TPSA) is 25.4 Å². The number of pyridine rings is 1. The number of ether oxygens (including phenoxy) is 1. The van der Waals surface area contributed by atoms with Crippen LogP contribution in [0.1, 0.15) is 98.0 Å². The van der Waals surface area contributed by atoms with E-state index >= 15 is 0 Å². The second-order valence-corrected chi connectivity index (χ2v) is 16.1. The van der Waals surface area contributed by atoms with Crippen molar-refractivity contribution < 1.29 is 4.74 Å². The first kappa shape index (κ1) is 27.3. The molecule has 0 radical (unpaired) electrons. The predicted molar refractivity (Wildman–Crippen MR) is 178 cm³/mol. The standard InChI is InChI=1S/C38H43BN2O/c1-35(2,3)23-15-18-25(19-16-23)41-28-20-17-24(36(4,5)6)21-27(28)39-26-13-11-12-14-29(26)42-32-30-33(40-34(41)31(32)39)38(9,10)22-37(30,7)8/h11-21H,22H2,1-10H3. The van der Waals surface area contributed by atoms with Crippen molar-refractivity contribution in [1.82, 2.24) is 4.98 Å². The van der Waals surface area contributed by atoms with Crippen molar-refractivity contribution in [2.75, 3.05) is 4.90 Å². The van der Waals surface area contributed by atoms with Crippen LogP contribution in [0.15, 0.2) is 66.7 Å². The maximum atomic E-state index is 6.99. The minimum Gasteiger partial charge on any atom is -0.458 e. The summed E-state index contributed by atoms with van der Waals surface area (Å²) >= 11 is 0. The van der Waals surface area contributed by atoms with E-state index < -0.39 is 0 Å². The van der Waals surface area contributed by atoms with Crippen molar-refractivity contribution in [2.45, 2.75) is 97.3 Å². The van der Waals surface area contributed by atoms with Crippen molar-refractivity contribution >= 4 is 40.3 Å². The van der Waals surface area contributed by atoms with Crippen LogP contribution in [-0.2, 0) is 21.7 Å². The number of para-hydroxylation sites is 1. The Morgan fingerprint density at radius 3 is 2.07 bits per heavy atom. The molecule has 7 rings (SSSR count). The summed E-state index contributed by atoms with van der Waals surface area (Å²) in [5.74, 6) is 3.00. The molecule has 2 aliphatic heterocycles. The zero-order chi connectivity index (χ0) is 30.0. The fourth-order valence-electron chi connectivity index (χ4n) is 7.84. The lowest BCUT2D eigenvalue weighted by Gasteiger charge is -2.41. The number of fused-ring (bicyclic) bond motifs is 6. The first-order chi connectivity index (χ1) is 19.6. The molecule has 3 aromatic carbocycles. The molecule has 4 aromatic rings. The van der Waals surface area contributed by atoms with Gasteiger partial charge in [0.05, 0.1) is 5.69 Å². The SMILES string of the molecule is CC(C)(C)c1ccc(N2c3ccc(C(C)(C)C)cc3B3c4ccccc4Oc4c3c2nc2c4C(C)(C)CC2(C)C)cc1. The van der Waals surface area contributed by atoms with E-state index in [-0.39, 0.29) is 28.4 Å². The lowest BCUT2D eigenvalue weighted by atomic mass is 9.34.